The molecule has 5 heteroatoms. The van der Waals surface area contributed by atoms with E-state index >= 15 is 0 Å². The van der Waals surface area contributed by atoms with Gasteiger partial charge < -0.3 is 9.64 Å². The Morgan fingerprint density at radius 2 is 2.00 bits per heavy atom. The normalized spacial score (nSPS) is 30.1. The van der Waals surface area contributed by atoms with Crippen molar-refractivity contribution in [3.05, 3.63) is 0 Å². The number of hydrogen-bond donors (Lipinski definition) is 0. The van der Waals surface area contributed by atoms with Crippen LogP contribution >= 0.6 is 0 Å². The molecule has 0 aromatic rings. The van der Waals surface area contributed by atoms with Crippen LogP contribution in [0.2, 0.25) is 0 Å². The Kier molecular flexibility index (Phi) is 3.79. The van der Waals surface area contributed by atoms with E-state index in [0.717, 1.165) is 52.5 Å². The maximum atomic E-state index is 11.9. The highest BCUT2D eigenvalue weighted by Crippen LogP contribution is 2.36. The predicted molar refractivity (Wildman–Crippen MR) is 82.2 cm³/mol. The lowest BCUT2D eigenvalue weighted by Gasteiger charge is -2.64. The number of nitrogens with zero attached hydrogens (tertiary/aromatic N) is 3. The van der Waals surface area contributed by atoms with Gasteiger partial charge in [-0.2, -0.15) is 0 Å². The smallest absolute Gasteiger partial charge is 0.219 e. The third-order valence-corrected chi connectivity index (χ3v) is 4.93. The highest BCUT2D eigenvalue weighted by Gasteiger charge is 2.54. The van der Waals surface area contributed by atoms with E-state index in [1.807, 2.05) is 4.90 Å². The Hall–Kier alpha value is -0.650. The number of morpholine rings is 1. The van der Waals surface area contributed by atoms with Gasteiger partial charge in [0.2, 0.25) is 5.91 Å². The molecule has 3 fully saturated rings. The molecule has 3 heterocycles. The molecule has 0 aromatic heterocycles. The summed E-state index contributed by atoms with van der Waals surface area (Å²) in [6.07, 6.45) is 0. The summed E-state index contributed by atoms with van der Waals surface area (Å²) >= 11 is 0. The van der Waals surface area contributed by atoms with Gasteiger partial charge in [0.15, 0.2) is 0 Å². The van der Waals surface area contributed by atoms with Gasteiger partial charge >= 0.3 is 0 Å². The lowest BCUT2D eigenvalue weighted by Crippen LogP contribution is -2.81. The molecule has 1 atom stereocenters. The zero-order valence-electron chi connectivity index (χ0n) is 13.9. The highest BCUT2D eigenvalue weighted by molar-refractivity contribution is 5.73. The molecule has 3 saturated heterocycles. The summed E-state index contributed by atoms with van der Waals surface area (Å²) in [5, 5.41) is 0. The van der Waals surface area contributed by atoms with Crippen LogP contribution in [0, 0.1) is 5.41 Å². The third kappa shape index (κ3) is 2.96. The zero-order valence-corrected chi connectivity index (χ0v) is 13.9. The molecular weight excluding hydrogens is 266 g/mol. The first kappa shape index (κ1) is 15.3. The van der Waals surface area contributed by atoms with Crippen LogP contribution in [0.4, 0.5) is 0 Å². The molecule has 5 nitrogen and oxygen atoms in total. The first-order valence-corrected chi connectivity index (χ1v) is 8.11. The first-order chi connectivity index (χ1) is 9.79. The van der Waals surface area contributed by atoms with Gasteiger partial charge in [-0.25, -0.2) is 0 Å². The van der Waals surface area contributed by atoms with Crippen molar-refractivity contribution in [2.75, 3.05) is 52.5 Å². The van der Waals surface area contributed by atoms with E-state index in [9.17, 15) is 4.79 Å². The SMILES string of the molecule is CC(=O)N1CC2COCCN2C2(CN(CC(C)(C)C)C2)C1. The van der Waals surface area contributed by atoms with Crippen LogP contribution < -0.4 is 0 Å². The van der Waals surface area contributed by atoms with Crippen LogP contribution in [-0.2, 0) is 9.53 Å². The molecule has 0 saturated carbocycles. The van der Waals surface area contributed by atoms with Crippen LogP contribution in [0.25, 0.3) is 0 Å². The Labute approximate surface area is 128 Å². The second kappa shape index (κ2) is 5.21. The number of ether oxygens (including phenoxy) is 1. The number of hydrogen-bond acceptors (Lipinski definition) is 4. The summed E-state index contributed by atoms with van der Waals surface area (Å²) in [6, 6.07) is 0.383. The molecule has 3 aliphatic rings. The van der Waals surface area contributed by atoms with Crippen molar-refractivity contribution in [1.82, 2.24) is 14.7 Å². The second-order valence-electron chi connectivity index (χ2n) is 8.25. The average Bonchev–Trinajstić information content (AvgIpc) is 2.34. The maximum Gasteiger partial charge on any atom is 0.219 e. The van der Waals surface area contributed by atoms with Gasteiger partial charge in [-0.1, -0.05) is 20.8 Å². The molecule has 1 amide bonds. The van der Waals surface area contributed by atoms with E-state index in [1.54, 1.807) is 6.92 Å². The molecule has 0 bridgehead atoms. The largest absolute Gasteiger partial charge is 0.378 e. The number of rotatable bonds is 1. The van der Waals surface area contributed by atoms with E-state index in [0.29, 0.717) is 11.5 Å². The molecule has 21 heavy (non-hydrogen) atoms. The number of amides is 1. The van der Waals surface area contributed by atoms with Gasteiger partial charge in [0.1, 0.15) is 0 Å². The van der Waals surface area contributed by atoms with Crippen LogP contribution in [0.15, 0.2) is 0 Å². The molecule has 1 unspecified atom stereocenters. The summed E-state index contributed by atoms with van der Waals surface area (Å²) in [4.78, 5) is 19.1. The minimum Gasteiger partial charge on any atom is -0.378 e. The fraction of sp³-hybridized carbons (Fsp3) is 0.938. The summed E-state index contributed by atoms with van der Waals surface area (Å²) in [5.41, 5.74) is 0.505. The average molecular weight is 295 g/mol. The summed E-state index contributed by atoms with van der Waals surface area (Å²) in [7, 11) is 0. The molecule has 0 N–H and O–H groups in total. The second-order valence-corrected chi connectivity index (χ2v) is 8.25. The minimum atomic E-state index is 0.170. The van der Waals surface area contributed by atoms with E-state index in [4.69, 9.17) is 4.74 Å². The van der Waals surface area contributed by atoms with Crippen molar-refractivity contribution < 1.29 is 9.53 Å². The van der Waals surface area contributed by atoms with Crippen LogP contribution in [-0.4, -0.2) is 84.7 Å². The van der Waals surface area contributed by atoms with Crippen LogP contribution in [0.5, 0.6) is 0 Å². The van der Waals surface area contributed by atoms with E-state index < -0.39 is 0 Å². The molecule has 1 spiro atoms. The molecule has 0 radical (unpaired) electrons. The standard InChI is InChI=1S/C16H29N3O2/c1-13(20)18-7-14-8-21-6-5-19(14)16(12-18)10-17(11-16)9-15(2,3)4/h14H,5-12H2,1-4H3. The zero-order chi connectivity index (χ0) is 15.3. The molecule has 3 rings (SSSR count). The van der Waals surface area contributed by atoms with Gasteiger partial charge in [0.05, 0.1) is 24.8 Å². The lowest BCUT2D eigenvalue weighted by molar-refractivity contribution is -0.176. The molecule has 120 valence electrons. The molecule has 0 aliphatic carbocycles. The van der Waals surface area contributed by atoms with Crippen molar-refractivity contribution in [3.63, 3.8) is 0 Å². The quantitative estimate of drug-likeness (QED) is 0.712. The maximum absolute atomic E-state index is 11.9. The highest BCUT2D eigenvalue weighted by atomic mass is 16.5. The molecular formula is C16H29N3O2. The number of likely N-dealkylation sites (tertiary alicyclic amines) is 1. The van der Waals surface area contributed by atoms with Gasteiger partial charge in [-0.05, 0) is 5.41 Å². The Bertz CT molecular complexity index is 412. The molecule has 0 aromatic carbocycles. The number of fused-ring (bicyclic) bond motifs is 2. The van der Waals surface area contributed by atoms with Gasteiger partial charge in [-0.3, -0.25) is 14.6 Å². The minimum absolute atomic E-state index is 0.170. The van der Waals surface area contributed by atoms with E-state index in [1.165, 1.54) is 0 Å². The number of carbonyl (C=O) groups excluding carboxylic acids is 1. The lowest BCUT2D eigenvalue weighted by atomic mass is 9.81. The summed E-state index contributed by atoms with van der Waals surface area (Å²) in [5.74, 6) is 0.203. The Balaban J connectivity index is 1.71. The van der Waals surface area contributed by atoms with Crippen molar-refractivity contribution in [3.8, 4) is 0 Å². The topological polar surface area (TPSA) is 36.0 Å². The summed E-state index contributed by atoms with van der Waals surface area (Å²) in [6.45, 7) is 16.2. The van der Waals surface area contributed by atoms with Gasteiger partial charge in [-0.15, -0.1) is 0 Å². The van der Waals surface area contributed by atoms with Crippen LogP contribution in [0.1, 0.15) is 27.7 Å². The fourth-order valence-electron chi connectivity index (χ4n) is 4.29. The third-order valence-electron chi connectivity index (χ3n) is 4.93. The van der Waals surface area contributed by atoms with Crippen molar-refractivity contribution in [2.24, 2.45) is 5.41 Å². The fourth-order valence-corrected chi connectivity index (χ4v) is 4.29. The van der Waals surface area contributed by atoms with Crippen molar-refractivity contribution >= 4 is 5.91 Å². The van der Waals surface area contributed by atoms with Gasteiger partial charge in [0, 0.05) is 46.2 Å². The number of carbonyl (C=O) groups is 1. The Morgan fingerprint density at radius 3 is 2.62 bits per heavy atom. The van der Waals surface area contributed by atoms with Crippen LogP contribution in [0.3, 0.4) is 0 Å². The van der Waals surface area contributed by atoms with Gasteiger partial charge in [0.25, 0.3) is 0 Å². The predicted octanol–water partition coefficient (Wildman–Crippen LogP) is 0.650. The van der Waals surface area contributed by atoms with E-state index in [-0.39, 0.29) is 11.4 Å². The van der Waals surface area contributed by atoms with Crippen molar-refractivity contribution in [2.45, 2.75) is 39.3 Å². The number of piperazine rings is 1. The first-order valence-electron chi connectivity index (χ1n) is 8.11. The Morgan fingerprint density at radius 1 is 1.29 bits per heavy atom. The van der Waals surface area contributed by atoms with E-state index in [2.05, 4.69) is 30.6 Å². The summed E-state index contributed by atoms with van der Waals surface area (Å²) < 4.78 is 5.64. The monoisotopic (exact) mass is 295 g/mol. The van der Waals surface area contributed by atoms with Crippen molar-refractivity contribution in [1.29, 1.82) is 0 Å². The molecule has 3 aliphatic heterocycles.